The van der Waals surface area contributed by atoms with Gasteiger partial charge < -0.3 is 15.4 Å². The SMILES string of the molecule is CC(=O)NCCOc1ccc(NC(=O)Cn2nc(-c3cccnc3)ccc2=O)cc1. The van der Waals surface area contributed by atoms with Gasteiger partial charge in [-0.3, -0.25) is 19.4 Å². The van der Waals surface area contributed by atoms with Crippen molar-refractivity contribution in [2.45, 2.75) is 13.5 Å². The van der Waals surface area contributed by atoms with Crippen LogP contribution in [0.2, 0.25) is 0 Å². The molecule has 9 nitrogen and oxygen atoms in total. The van der Waals surface area contributed by atoms with E-state index in [2.05, 4.69) is 20.7 Å². The lowest BCUT2D eigenvalue weighted by Crippen LogP contribution is -2.29. The highest BCUT2D eigenvalue weighted by molar-refractivity contribution is 5.90. The summed E-state index contributed by atoms with van der Waals surface area (Å²) in [5.41, 5.74) is 1.49. The summed E-state index contributed by atoms with van der Waals surface area (Å²) in [5.74, 6) is 0.115. The van der Waals surface area contributed by atoms with Gasteiger partial charge in [0.1, 0.15) is 18.9 Å². The predicted molar refractivity (Wildman–Crippen MR) is 111 cm³/mol. The maximum Gasteiger partial charge on any atom is 0.267 e. The Labute approximate surface area is 172 Å². The lowest BCUT2D eigenvalue weighted by molar-refractivity contribution is -0.119. The summed E-state index contributed by atoms with van der Waals surface area (Å²) in [6, 6.07) is 13.3. The monoisotopic (exact) mass is 407 g/mol. The fourth-order valence-corrected chi connectivity index (χ4v) is 2.60. The van der Waals surface area contributed by atoms with Crippen LogP contribution >= 0.6 is 0 Å². The van der Waals surface area contributed by atoms with Crippen molar-refractivity contribution in [3.05, 3.63) is 71.3 Å². The largest absolute Gasteiger partial charge is 0.492 e. The molecule has 0 aliphatic heterocycles. The number of nitrogens with zero attached hydrogens (tertiary/aromatic N) is 3. The Bertz CT molecular complexity index is 1060. The number of hydrogen-bond donors (Lipinski definition) is 2. The number of rotatable bonds is 8. The quantitative estimate of drug-likeness (QED) is 0.546. The Kier molecular flexibility index (Phi) is 6.88. The topological polar surface area (TPSA) is 115 Å². The van der Waals surface area contributed by atoms with Crippen LogP contribution in [0.5, 0.6) is 5.75 Å². The maximum atomic E-state index is 12.3. The minimum absolute atomic E-state index is 0.115. The molecule has 0 fully saturated rings. The van der Waals surface area contributed by atoms with Crippen LogP contribution in [-0.2, 0) is 16.1 Å². The Morgan fingerprint density at radius 2 is 1.90 bits per heavy atom. The number of amides is 2. The third kappa shape index (κ3) is 5.99. The van der Waals surface area contributed by atoms with Gasteiger partial charge in [0.25, 0.3) is 5.56 Å². The van der Waals surface area contributed by atoms with E-state index in [4.69, 9.17) is 4.74 Å². The van der Waals surface area contributed by atoms with Gasteiger partial charge in [-0.1, -0.05) is 0 Å². The van der Waals surface area contributed by atoms with E-state index in [1.165, 1.54) is 13.0 Å². The summed E-state index contributed by atoms with van der Waals surface area (Å²) < 4.78 is 6.60. The fraction of sp³-hybridized carbons (Fsp3) is 0.190. The molecule has 9 heteroatoms. The molecule has 1 aromatic carbocycles. The summed E-state index contributed by atoms with van der Waals surface area (Å²) in [4.78, 5) is 39.3. The molecule has 0 unspecified atom stereocenters. The van der Waals surface area contributed by atoms with Gasteiger partial charge in [-0.15, -0.1) is 0 Å². The Morgan fingerprint density at radius 1 is 1.10 bits per heavy atom. The van der Waals surface area contributed by atoms with Crippen molar-refractivity contribution in [1.82, 2.24) is 20.1 Å². The molecule has 2 N–H and O–H groups in total. The van der Waals surface area contributed by atoms with Gasteiger partial charge in [-0.2, -0.15) is 5.10 Å². The molecule has 0 atom stereocenters. The van der Waals surface area contributed by atoms with Crippen LogP contribution in [-0.4, -0.2) is 39.7 Å². The second-order valence-corrected chi connectivity index (χ2v) is 6.36. The number of hydrogen-bond acceptors (Lipinski definition) is 6. The van der Waals surface area contributed by atoms with Crippen LogP contribution < -0.4 is 20.9 Å². The van der Waals surface area contributed by atoms with Gasteiger partial charge in [0, 0.05) is 36.6 Å². The summed E-state index contributed by atoms with van der Waals surface area (Å²) in [5, 5.41) is 9.61. The number of benzene rings is 1. The summed E-state index contributed by atoms with van der Waals surface area (Å²) in [6.07, 6.45) is 3.28. The number of aromatic nitrogens is 3. The van der Waals surface area contributed by atoms with Crippen molar-refractivity contribution < 1.29 is 14.3 Å². The molecule has 0 saturated carbocycles. The van der Waals surface area contributed by atoms with Gasteiger partial charge >= 0.3 is 0 Å². The lowest BCUT2D eigenvalue weighted by atomic mass is 10.2. The molecule has 0 spiro atoms. The zero-order valence-corrected chi connectivity index (χ0v) is 16.4. The normalized spacial score (nSPS) is 10.3. The number of anilines is 1. The van der Waals surface area contributed by atoms with Crippen LogP contribution in [0.25, 0.3) is 11.3 Å². The van der Waals surface area contributed by atoms with E-state index in [0.717, 1.165) is 10.2 Å². The van der Waals surface area contributed by atoms with E-state index in [-0.39, 0.29) is 23.9 Å². The fourth-order valence-electron chi connectivity index (χ4n) is 2.60. The first kappa shape index (κ1) is 20.7. The third-order valence-electron chi connectivity index (χ3n) is 4.00. The highest BCUT2D eigenvalue weighted by atomic mass is 16.5. The van der Waals surface area contributed by atoms with Gasteiger partial charge in [0.15, 0.2) is 0 Å². The highest BCUT2D eigenvalue weighted by Crippen LogP contribution is 2.16. The number of carbonyl (C=O) groups excluding carboxylic acids is 2. The molecular weight excluding hydrogens is 386 g/mol. The second-order valence-electron chi connectivity index (χ2n) is 6.36. The third-order valence-corrected chi connectivity index (χ3v) is 4.00. The van der Waals surface area contributed by atoms with Gasteiger partial charge in [-0.05, 0) is 42.5 Å². The van der Waals surface area contributed by atoms with Crippen molar-refractivity contribution in [3.63, 3.8) is 0 Å². The van der Waals surface area contributed by atoms with E-state index in [1.54, 1.807) is 48.8 Å². The highest BCUT2D eigenvalue weighted by Gasteiger charge is 2.09. The maximum absolute atomic E-state index is 12.3. The van der Waals surface area contributed by atoms with Crippen LogP contribution in [0.4, 0.5) is 5.69 Å². The average molecular weight is 407 g/mol. The Morgan fingerprint density at radius 3 is 2.60 bits per heavy atom. The van der Waals surface area contributed by atoms with E-state index in [0.29, 0.717) is 30.3 Å². The average Bonchev–Trinajstić information content (AvgIpc) is 2.74. The standard InChI is InChI=1S/C21H21N5O4/c1-15(27)23-11-12-30-18-6-4-17(5-7-18)24-20(28)14-26-21(29)9-8-19(25-26)16-3-2-10-22-13-16/h2-10,13H,11-12,14H2,1H3,(H,23,27)(H,24,28). The number of pyridine rings is 1. The number of ether oxygens (including phenoxy) is 1. The van der Waals surface area contributed by atoms with E-state index in [9.17, 15) is 14.4 Å². The lowest BCUT2D eigenvalue weighted by Gasteiger charge is -2.10. The van der Waals surface area contributed by atoms with Crippen molar-refractivity contribution in [3.8, 4) is 17.0 Å². The van der Waals surface area contributed by atoms with E-state index in [1.807, 2.05) is 6.07 Å². The molecular formula is C21H21N5O4. The van der Waals surface area contributed by atoms with E-state index >= 15 is 0 Å². The molecule has 30 heavy (non-hydrogen) atoms. The molecule has 0 aliphatic carbocycles. The first-order valence-electron chi connectivity index (χ1n) is 9.27. The molecule has 2 heterocycles. The molecule has 2 amide bonds. The van der Waals surface area contributed by atoms with Crippen LogP contribution in [0, 0.1) is 0 Å². The summed E-state index contributed by atoms with van der Waals surface area (Å²) in [6.45, 7) is 1.97. The van der Waals surface area contributed by atoms with E-state index < -0.39 is 0 Å². The van der Waals surface area contributed by atoms with Gasteiger partial charge in [0.05, 0.1) is 12.2 Å². The minimum atomic E-state index is -0.382. The molecule has 0 radical (unpaired) electrons. The zero-order chi connectivity index (χ0) is 21.3. The molecule has 0 saturated heterocycles. The summed E-state index contributed by atoms with van der Waals surface area (Å²) in [7, 11) is 0. The minimum Gasteiger partial charge on any atom is -0.492 e. The van der Waals surface area contributed by atoms with Crippen LogP contribution in [0.1, 0.15) is 6.92 Å². The molecule has 2 aromatic heterocycles. The number of nitrogens with one attached hydrogen (secondary N) is 2. The molecule has 154 valence electrons. The van der Waals surface area contributed by atoms with Gasteiger partial charge in [-0.25, -0.2) is 4.68 Å². The van der Waals surface area contributed by atoms with Gasteiger partial charge in [0.2, 0.25) is 11.8 Å². The Balaban J connectivity index is 1.58. The first-order valence-corrected chi connectivity index (χ1v) is 9.27. The molecule has 3 aromatic rings. The van der Waals surface area contributed by atoms with Crippen LogP contribution in [0.3, 0.4) is 0 Å². The Hall–Kier alpha value is -4.01. The molecule has 0 aliphatic rings. The molecule has 3 rings (SSSR count). The number of carbonyl (C=O) groups is 2. The van der Waals surface area contributed by atoms with Crippen LogP contribution in [0.15, 0.2) is 65.7 Å². The van der Waals surface area contributed by atoms with Crippen molar-refractivity contribution in [2.75, 3.05) is 18.5 Å². The zero-order valence-electron chi connectivity index (χ0n) is 16.4. The first-order chi connectivity index (χ1) is 14.5. The predicted octanol–water partition coefficient (Wildman–Crippen LogP) is 1.46. The second kappa shape index (κ2) is 9.97. The molecule has 0 bridgehead atoms. The van der Waals surface area contributed by atoms with Crippen molar-refractivity contribution in [1.29, 1.82) is 0 Å². The van der Waals surface area contributed by atoms with Crippen molar-refractivity contribution in [2.24, 2.45) is 0 Å². The summed E-state index contributed by atoms with van der Waals surface area (Å²) >= 11 is 0. The smallest absolute Gasteiger partial charge is 0.267 e. The van der Waals surface area contributed by atoms with Crippen molar-refractivity contribution >= 4 is 17.5 Å².